The number of carbonyl (C=O) groups is 2. The van der Waals surface area contributed by atoms with Crippen LogP contribution in [-0.4, -0.2) is 34.3 Å². The van der Waals surface area contributed by atoms with E-state index in [1.807, 2.05) is 30.3 Å². The van der Waals surface area contributed by atoms with Crippen molar-refractivity contribution in [3.05, 3.63) is 108 Å². The van der Waals surface area contributed by atoms with Gasteiger partial charge in [-0.3, -0.25) is 29.8 Å². The van der Waals surface area contributed by atoms with Gasteiger partial charge in [0.25, 0.3) is 11.8 Å². The van der Waals surface area contributed by atoms with Crippen molar-refractivity contribution in [1.29, 1.82) is 0 Å². The number of hydroxylamine groups is 1. The van der Waals surface area contributed by atoms with E-state index in [-0.39, 0.29) is 18.4 Å². The van der Waals surface area contributed by atoms with Gasteiger partial charge in [0.2, 0.25) is 0 Å². The van der Waals surface area contributed by atoms with Crippen LogP contribution in [0.4, 0.5) is 0 Å². The number of hydrogen-bond acceptors (Lipinski definition) is 5. The number of hydrogen-bond donors (Lipinski definition) is 1. The average Bonchev–Trinajstić information content (AvgIpc) is 3.27. The van der Waals surface area contributed by atoms with Gasteiger partial charge in [0.1, 0.15) is 6.10 Å². The molecule has 0 saturated heterocycles. The van der Waals surface area contributed by atoms with Gasteiger partial charge in [0, 0.05) is 29.1 Å². The molecule has 2 aromatic carbocycles. The third-order valence-corrected chi connectivity index (χ3v) is 4.54. The Balaban J connectivity index is 1.60. The van der Waals surface area contributed by atoms with Crippen LogP contribution in [0.25, 0.3) is 5.70 Å². The zero-order valence-corrected chi connectivity index (χ0v) is 15.6. The Hall–Kier alpha value is -3.77. The Labute approximate surface area is 168 Å². The van der Waals surface area contributed by atoms with Crippen LogP contribution in [0.5, 0.6) is 0 Å². The van der Waals surface area contributed by atoms with Crippen LogP contribution in [0.2, 0.25) is 0 Å². The molecule has 1 aliphatic rings. The van der Waals surface area contributed by atoms with Crippen molar-refractivity contribution in [2.75, 3.05) is 6.54 Å². The van der Waals surface area contributed by atoms with Gasteiger partial charge in [0.15, 0.2) is 0 Å². The van der Waals surface area contributed by atoms with E-state index in [1.165, 1.54) is 4.90 Å². The van der Waals surface area contributed by atoms with Gasteiger partial charge in [-0.1, -0.05) is 36.4 Å². The summed E-state index contributed by atoms with van der Waals surface area (Å²) in [5.41, 5.74) is 5.36. The maximum atomic E-state index is 13.1. The third-order valence-electron chi connectivity index (χ3n) is 4.54. The Morgan fingerprint density at radius 2 is 1.52 bits per heavy atom. The minimum absolute atomic E-state index is 0.0816. The fraction of sp³-hybridized carbons (Fsp3) is 0.0870. The van der Waals surface area contributed by atoms with Crippen molar-refractivity contribution in [3.8, 4) is 0 Å². The molecular weight excluding hydrogens is 366 g/mol. The molecule has 0 aliphatic carbocycles. The molecule has 3 aromatic rings. The quantitative estimate of drug-likeness (QED) is 0.683. The lowest BCUT2D eigenvalue weighted by molar-refractivity contribution is 0.0244. The first kappa shape index (κ1) is 18.6. The molecule has 0 bridgehead atoms. The lowest BCUT2D eigenvalue weighted by Gasteiger charge is -2.23. The predicted octanol–water partition coefficient (Wildman–Crippen LogP) is 3.31. The maximum absolute atomic E-state index is 13.1. The summed E-state index contributed by atoms with van der Waals surface area (Å²) in [7, 11) is 0. The number of benzene rings is 2. The predicted molar refractivity (Wildman–Crippen MR) is 108 cm³/mol. The molecule has 6 nitrogen and oxygen atoms in total. The average molecular weight is 385 g/mol. The highest BCUT2D eigenvalue weighted by atomic mass is 16.7. The topological polar surface area (TPSA) is 71.5 Å². The monoisotopic (exact) mass is 385 g/mol. The van der Waals surface area contributed by atoms with E-state index in [0.717, 1.165) is 11.3 Å². The molecule has 4 rings (SSSR count). The number of imide groups is 1. The van der Waals surface area contributed by atoms with Crippen molar-refractivity contribution >= 4 is 17.5 Å². The van der Waals surface area contributed by atoms with E-state index in [0.29, 0.717) is 11.1 Å². The van der Waals surface area contributed by atoms with Crippen LogP contribution in [0.3, 0.4) is 0 Å². The number of rotatable bonds is 5. The van der Waals surface area contributed by atoms with E-state index in [2.05, 4.69) is 10.5 Å². The summed E-state index contributed by atoms with van der Waals surface area (Å²) in [5, 5.41) is 0. The molecule has 1 N–H and O–H groups in total. The summed E-state index contributed by atoms with van der Waals surface area (Å²) >= 11 is 0. The standard InChI is InChI=1S/C23H19N3O3/c27-22(17-8-3-1-4-9-17)26(23(28)18-10-5-2-6-11-18)16-20-14-21(25-29-20)19-12-7-13-24-15-19/h1-15,20,25H,16H2. The van der Waals surface area contributed by atoms with E-state index >= 15 is 0 Å². The first-order chi connectivity index (χ1) is 14.2. The largest absolute Gasteiger partial charge is 0.271 e. The van der Waals surface area contributed by atoms with E-state index < -0.39 is 6.10 Å². The second kappa shape index (κ2) is 8.50. The molecule has 2 heterocycles. The lowest BCUT2D eigenvalue weighted by atomic mass is 10.1. The van der Waals surface area contributed by atoms with Gasteiger partial charge in [-0.25, -0.2) is 0 Å². The molecule has 144 valence electrons. The van der Waals surface area contributed by atoms with Gasteiger partial charge in [-0.05, 0) is 42.5 Å². The summed E-state index contributed by atoms with van der Waals surface area (Å²) in [4.78, 5) is 37.1. The fourth-order valence-corrected chi connectivity index (χ4v) is 3.07. The fourth-order valence-electron chi connectivity index (χ4n) is 3.07. The van der Waals surface area contributed by atoms with Crippen molar-refractivity contribution in [2.24, 2.45) is 0 Å². The van der Waals surface area contributed by atoms with Crippen LogP contribution >= 0.6 is 0 Å². The summed E-state index contributed by atoms with van der Waals surface area (Å²) < 4.78 is 0. The number of amides is 2. The summed E-state index contributed by atoms with van der Waals surface area (Å²) in [6.07, 6.45) is 4.77. The summed E-state index contributed by atoms with van der Waals surface area (Å²) in [6, 6.07) is 21.2. The highest BCUT2D eigenvalue weighted by Crippen LogP contribution is 2.20. The first-order valence-electron chi connectivity index (χ1n) is 9.22. The molecular formula is C23H19N3O3. The molecule has 0 saturated carbocycles. The molecule has 6 heteroatoms. The van der Waals surface area contributed by atoms with E-state index in [1.54, 1.807) is 60.9 Å². The summed E-state index contributed by atoms with van der Waals surface area (Å²) in [6.45, 7) is 0.0816. The zero-order chi connectivity index (χ0) is 20.1. The number of carbonyl (C=O) groups excluding carboxylic acids is 2. The maximum Gasteiger partial charge on any atom is 0.260 e. The second-order valence-corrected chi connectivity index (χ2v) is 6.53. The lowest BCUT2D eigenvalue weighted by Crippen LogP contribution is -2.42. The number of nitrogens with zero attached hydrogens (tertiary/aromatic N) is 2. The van der Waals surface area contributed by atoms with Crippen LogP contribution in [-0.2, 0) is 4.84 Å². The number of nitrogens with one attached hydrogen (secondary N) is 1. The van der Waals surface area contributed by atoms with Gasteiger partial charge < -0.3 is 0 Å². The van der Waals surface area contributed by atoms with Gasteiger partial charge in [0.05, 0.1) is 12.2 Å². The van der Waals surface area contributed by atoms with E-state index in [9.17, 15) is 9.59 Å². The smallest absolute Gasteiger partial charge is 0.260 e. The second-order valence-electron chi connectivity index (χ2n) is 6.53. The molecule has 0 spiro atoms. The molecule has 0 radical (unpaired) electrons. The van der Waals surface area contributed by atoms with Gasteiger partial charge in [-0.2, -0.15) is 0 Å². The molecule has 1 aliphatic heterocycles. The minimum Gasteiger partial charge on any atom is -0.271 e. The molecule has 1 aromatic heterocycles. The zero-order valence-electron chi connectivity index (χ0n) is 15.6. The first-order valence-corrected chi connectivity index (χ1v) is 9.22. The molecule has 2 amide bonds. The Kier molecular flexibility index (Phi) is 5.45. The van der Waals surface area contributed by atoms with Crippen molar-refractivity contribution in [2.45, 2.75) is 6.10 Å². The Morgan fingerprint density at radius 1 is 0.897 bits per heavy atom. The van der Waals surface area contributed by atoms with Crippen LogP contribution in [0.15, 0.2) is 91.3 Å². The highest BCUT2D eigenvalue weighted by molar-refractivity contribution is 6.10. The van der Waals surface area contributed by atoms with Crippen LogP contribution in [0, 0.1) is 0 Å². The minimum atomic E-state index is -0.481. The Morgan fingerprint density at radius 3 is 2.07 bits per heavy atom. The van der Waals surface area contributed by atoms with Gasteiger partial charge >= 0.3 is 0 Å². The molecule has 0 fully saturated rings. The van der Waals surface area contributed by atoms with Crippen LogP contribution < -0.4 is 5.48 Å². The number of pyridine rings is 1. The summed E-state index contributed by atoms with van der Waals surface area (Å²) in [5.74, 6) is -0.738. The normalized spacial score (nSPS) is 15.3. The molecule has 29 heavy (non-hydrogen) atoms. The van der Waals surface area contributed by atoms with Crippen molar-refractivity contribution < 1.29 is 14.4 Å². The van der Waals surface area contributed by atoms with Gasteiger partial charge in [-0.15, -0.1) is 0 Å². The van der Waals surface area contributed by atoms with Crippen molar-refractivity contribution in [1.82, 2.24) is 15.4 Å². The SMILES string of the molecule is O=C(c1ccccc1)N(CC1C=C(c2cccnc2)NO1)C(=O)c1ccccc1. The highest BCUT2D eigenvalue weighted by Gasteiger charge is 2.29. The third kappa shape index (κ3) is 4.23. The molecule has 1 unspecified atom stereocenters. The Bertz CT molecular complexity index is 970. The molecule has 1 atom stereocenters. The number of aromatic nitrogens is 1. The van der Waals surface area contributed by atoms with Crippen molar-refractivity contribution in [3.63, 3.8) is 0 Å². The van der Waals surface area contributed by atoms with Crippen LogP contribution in [0.1, 0.15) is 26.3 Å². The van der Waals surface area contributed by atoms with E-state index in [4.69, 9.17) is 4.84 Å².